The van der Waals surface area contributed by atoms with E-state index in [-0.39, 0.29) is 24.0 Å². The molecule has 0 saturated heterocycles. The van der Waals surface area contributed by atoms with Gasteiger partial charge in [-0.05, 0) is 31.2 Å². The van der Waals surface area contributed by atoms with Crippen molar-refractivity contribution >= 4 is 29.9 Å². The van der Waals surface area contributed by atoms with Crippen molar-refractivity contribution < 1.29 is 4.74 Å². The second-order valence-corrected chi connectivity index (χ2v) is 5.75. The lowest BCUT2D eigenvalue weighted by Gasteiger charge is -2.27. The normalized spacial score (nSPS) is 15.3. The van der Waals surface area contributed by atoms with Crippen LogP contribution in [-0.4, -0.2) is 18.6 Å². The molecule has 0 radical (unpaired) electrons. The minimum absolute atomic E-state index is 0. The Hall–Kier alpha value is -0.980. The third-order valence-electron chi connectivity index (χ3n) is 3.43. The molecule has 1 aliphatic carbocycles. The van der Waals surface area contributed by atoms with Crippen molar-refractivity contribution in [2.45, 2.75) is 45.8 Å². The van der Waals surface area contributed by atoms with E-state index in [1.54, 1.807) is 0 Å². The van der Waals surface area contributed by atoms with Crippen molar-refractivity contribution in [2.24, 2.45) is 16.6 Å². The van der Waals surface area contributed by atoms with Gasteiger partial charge in [-0.2, -0.15) is 0 Å². The Labute approximate surface area is 144 Å². The van der Waals surface area contributed by atoms with Crippen LogP contribution in [0.5, 0.6) is 5.75 Å². The van der Waals surface area contributed by atoms with E-state index >= 15 is 0 Å². The minimum Gasteiger partial charge on any atom is -0.490 e. The lowest BCUT2D eigenvalue weighted by atomic mass is 9.96. The van der Waals surface area contributed by atoms with Gasteiger partial charge in [0, 0.05) is 12.1 Å². The number of halogens is 1. The average Bonchev–Trinajstić information content (AvgIpc) is 2.39. The number of nitrogens with one attached hydrogen (secondary N) is 1. The summed E-state index contributed by atoms with van der Waals surface area (Å²) in [6.07, 6.45) is 3.99. The maximum Gasteiger partial charge on any atom is 0.188 e. The molecule has 5 heteroatoms. The van der Waals surface area contributed by atoms with E-state index in [9.17, 15) is 0 Å². The molecule has 1 aromatic carbocycles. The minimum atomic E-state index is 0. The SMILES string of the molecule is CC(C)CNC(N)=NCc1ccccc1OC1CCC1.I. The molecule has 0 spiro atoms. The van der Waals surface area contributed by atoms with Gasteiger partial charge in [-0.25, -0.2) is 4.99 Å². The zero-order valence-electron chi connectivity index (χ0n) is 12.8. The fourth-order valence-corrected chi connectivity index (χ4v) is 1.95. The van der Waals surface area contributed by atoms with Crippen LogP contribution in [0.15, 0.2) is 29.3 Å². The molecule has 1 aromatic rings. The smallest absolute Gasteiger partial charge is 0.188 e. The second kappa shape index (κ2) is 9.12. The Morgan fingerprint density at radius 1 is 1.38 bits per heavy atom. The highest BCUT2D eigenvalue weighted by Gasteiger charge is 2.19. The second-order valence-electron chi connectivity index (χ2n) is 5.75. The molecular formula is C16H26IN3O. The standard InChI is InChI=1S/C16H25N3O.HI/c1-12(2)10-18-16(17)19-11-13-6-3-4-9-15(13)20-14-7-5-8-14;/h3-4,6,9,12,14H,5,7-8,10-11H2,1-2H3,(H3,17,18,19);1H. The Balaban J connectivity index is 0.00000220. The number of hydrogen-bond donors (Lipinski definition) is 2. The first-order valence-corrected chi connectivity index (χ1v) is 7.43. The van der Waals surface area contributed by atoms with Crippen LogP contribution >= 0.6 is 24.0 Å². The average molecular weight is 403 g/mol. The number of benzene rings is 1. The summed E-state index contributed by atoms with van der Waals surface area (Å²) < 4.78 is 5.98. The molecule has 0 aliphatic heterocycles. The zero-order valence-corrected chi connectivity index (χ0v) is 15.2. The van der Waals surface area contributed by atoms with E-state index in [2.05, 4.69) is 24.2 Å². The summed E-state index contributed by atoms with van der Waals surface area (Å²) in [7, 11) is 0. The number of guanidine groups is 1. The highest BCUT2D eigenvalue weighted by atomic mass is 127. The third-order valence-corrected chi connectivity index (χ3v) is 3.43. The van der Waals surface area contributed by atoms with Gasteiger partial charge in [-0.1, -0.05) is 32.0 Å². The van der Waals surface area contributed by atoms with E-state index < -0.39 is 0 Å². The maximum absolute atomic E-state index is 5.98. The molecule has 1 saturated carbocycles. The topological polar surface area (TPSA) is 59.6 Å². The van der Waals surface area contributed by atoms with Crippen LogP contribution in [0.1, 0.15) is 38.7 Å². The summed E-state index contributed by atoms with van der Waals surface area (Å²) in [5.41, 5.74) is 6.95. The van der Waals surface area contributed by atoms with Gasteiger partial charge in [0.25, 0.3) is 0 Å². The summed E-state index contributed by atoms with van der Waals surface area (Å²) in [6.45, 7) is 5.68. The van der Waals surface area contributed by atoms with E-state index in [0.717, 1.165) is 30.7 Å². The third kappa shape index (κ3) is 6.11. The lowest BCUT2D eigenvalue weighted by Crippen LogP contribution is -2.34. The Morgan fingerprint density at radius 2 is 2.10 bits per heavy atom. The van der Waals surface area contributed by atoms with E-state index in [1.165, 1.54) is 6.42 Å². The number of nitrogens with two attached hydrogens (primary N) is 1. The molecular weight excluding hydrogens is 377 g/mol. The van der Waals surface area contributed by atoms with E-state index in [0.29, 0.717) is 24.5 Å². The van der Waals surface area contributed by atoms with Gasteiger partial charge >= 0.3 is 0 Å². The quantitative estimate of drug-likeness (QED) is 0.435. The predicted octanol–water partition coefficient (Wildman–Crippen LogP) is 3.30. The van der Waals surface area contributed by atoms with Gasteiger partial charge in [0.05, 0.1) is 12.6 Å². The van der Waals surface area contributed by atoms with Crippen LogP contribution in [0, 0.1) is 5.92 Å². The fourth-order valence-electron chi connectivity index (χ4n) is 1.95. The molecule has 1 fully saturated rings. The van der Waals surface area contributed by atoms with Gasteiger partial charge in [0.15, 0.2) is 5.96 Å². The molecule has 0 heterocycles. The van der Waals surface area contributed by atoms with Crippen LogP contribution in [0.4, 0.5) is 0 Å². The summed E-state index contributed by atoms with van der Waals surface area (Å²) in [5, 5.41) is 3.12. The number of hydrogen-bond acceptors (Lipinski definition) is 2. The van der Waals surface area contributed by atoms with Crippen LogP contribution in [0.2, 0.25) is 0 Å². The molecule has 0 amide bonds. The molecule has 0 unspecified atom stereocenters. The van der Waals surface area contributed by atoms with Crippen molar-refractivity contribution in [3.05, 3.63) is 29.8 Å². The fraction of sp³-hybridized carbons (Fsp3) is 0.562. The predicted molar refractivity (Wildman–Crippen MR) is 98.3 cm³/mol. The molecule has 21 heavy (non-hydrogen) atoms. The number of aliphatic imine (C=N–C) groups is 1. The van der Waals surface area contributed by atoms with Crippen molar-refractivity contribution in [1.29, 1.82) is 0 Å². The lowest BCUT2D eigenvalue weighted by molar-refractivity contribution is 0.119. The van der Waals surface area contributed by atoms with Gasteiger partial charge in [0.1, 0.15) is 5.75 Å². The summed E-state index contributed by atoms with van der Waals surface area (Å²) >= 11 is 0. The van der Waals surface area contributed by atoms with Crippen molar-refractivity contribution in [3.63, 3.8) is 0 Å². The van der Waals surface area contributed by atoms with Crippen molar-refractivity contribution in [2.75, 3.05) is 6.54 Å². The van der Waals surface area contributed by atoms with Crippen molar-refractivity contribution in [3.8, 4) is 5.75 Å². The number of para-hydroxylation sites is 1. The molecule has 3 N–H and O–H groups in total. The largest absolute Gasteiger partial charge is 0.490 e. The van der Waals surface area contributed by atoms with Crippen LogP contribution in [0.3, 0.4) is 0 Å². The van der Waals surface area contributed by atoms with Gasteiger partial charge in [-0.3, -0.25) is 0 Å². The zero-order chi connectivity index (χ0) is 14.4. The highest BCUT2D eigenvalue weighted by Crippen LogP contribution is 2.27. The van der Waals surface area contributed by atoms with Crippen molar-refractivity contribution in [1.82, 2.24) is 5.32 Å². The molecule has 0 bridgehead atoms. The number of rotatable bonds is 6. The summed E-state index contributed by atoms with van der Waals surface area (Å²) in [4.78, 5) is 4.38. The Kier molecular flexibility index (Phi) is 7.85. The monoisotopic (exact) mass is 403 g/mol. The van der Waals surface area contributed by atoms with E-state index in [4.69, 9.17) is 10.5 Å². The Morgan fingerprint density at radius 3 is 2.71 bits per heavy atom. The van der Waals surface area contributed by atoms with Gasteiger partial charge in [0.2, 0.25) is 0 Å². The summed E-state index contributed by atoms with van der Waals surface area (Å²) in [5.74, 6) is 1.99. The molecule has 2 rings (SSSR count). The molecule has 118 valence electrons. The summed E-state index contributed by atoms with van der Waals surface area (Å²) in [6, 6.07) is 8.08. The number of ether oxygens (including phenoxy) is 1. The molecule has 0 aromatic heterocycles. The first kappa shape index (κ1) is 18.1. The first-order valence-electron chi connectivity index (χ1n) is 7.43. The van der Waals surface area contributed by atoms with Crippen LogP contribution < -0.4 is 15.8 Å². The Bertz CT molecular complexity index is 459. The maximum atomic E-state index is 5.98. The van der Waals surface area contributed by atoms with Gasteiger partial charge in [-0.15, -0.1) is 24.0 Å². The van der Waals surface area contributed by atoms with Gasteiger partial charge < -0.3 is 15.8 Å². The van der Waals surface area contributed by atoms with E-state index in [1.807, 2.05) is 24.3 Å². The molecule has 0 atom stereocenters. The highest BCUT2D eigenvalue weighted by molar-refractivity contribution is 14.0. The molecule has 4 nitrogen and oxygen atoms in total. The first-order chi connectivity index (χ1) is 9.65. The number of nitrogens with zero attached hydrogens (tertiary/aromatic N) is 1. The van der Waals surface area contributed by atoms with Crippen LogP contribution in [-0.2, 0) is 6.54 Å². The van der Waals surface area contributed by atoms with Crippen LogP contribution in [0.25, 0.3) is 0 Å². The molecule has 1 aliphatic rings.